The zero-order chi connectivity index (χ0) is 17.7. The second-order valence-electron chi connectivity index (χ2n) is 5.26. The van der Waals surface area contributed by atoms with Gasteiger partial charge in [0.2, 0.25) is 5.91 Å². The summed E-state index contributed by atoms with van der Waals surface area (Å²) in [6, 6.07) is 10.7. The molecule has 0 saturated carbocycles. The summed E-state index contributed by atoms with van der Waals surface area (Å²) >= 11 is 7.38. The lowest BCUT2D eigenvalue weighted by Gasteiger charge is -2.10. The zero-order valence-corrected chi connectivity index (χ0v) is 15.3. The van der Waals surface area contributed by atoms with Gasteiger partial charge in [-0.3, -0.25) is 4.79 Å². The van der Waals surface area contributed by atoms with Crippen molar-refractivity contribution in [3.05, 3.63) is 58.1 Å². The summed E-state index contributed by atoms with van der Waals surface area (Å²) in [4.78, 5) is 25.0. The first-order chi connectivity index (χ1) is 11.4. The Morgan fingerprint density at radius 3 is 2.54 bits per heavy atom. The lowest BCUT2D eigenvalue weighted by atomic mass is 10.1. The average Bonchev–Trinajstić information content (AvgIpc) is 2.55. The number of benzene rings is 2. The Balaban J connectivity index is 2.05. The fourth-order valence-electron chi connectivity index (χ4n) is 2.05. The van der Waals surface area contributed by atoms with E-state index < -0.39 is 5.97 Å². The molecule has 0 heterocycles. The monoisotopic (exact) mass is 363 g/mol. The van der Waals surface area contributed by atoms with E-state index in [1.165, 1.54) is 42.1 Å². The van der Waals surface area contributed by atoms with E-state index in [9.17, 15) is 9.59 Å². The number of thioether (sulfide) groups is 1. The molecular formula is C18H18ClNO3S. The molecule has 2 aromatic rings. The van der Waals surface area contributed by atoms with Gasteiger partial charge in [-0.05, 0) is 55.3 Å². The van der Waals surface area contributed by atoms with Gasteiger partial charge in [-0.15, -0.1) is 11.8 Å². The fourth-order valence-corrected chi connectivity index (χ4v) is 3.01. The molecule has 0 spiro atoms. The van der Waals surface area contributed by atoms with E-state index in [4.69, 9.17) is 16.3 Å². The van der Waals surface area contributed by atoms with Gasteiger partial charge in [0.1, 0.15) is 0 Å². The molecule has 0 aliphatic rings. The Morgan fingerprint density at radius 1 is 1.12 bits per heavy atom. The van der Waals surface area contributed by atoms with Crippen molar-refractivity contribution in [1.29, 1.82) is 0 Å². The van der Waals surface area contributed by atoms with Crippen molar-refractivity contribution in [2.75, 3.05) is 18.2 Å². The second kappa shape index (κ2) is 8.22. The first-order valence-corrected chi connectivity index (χ1v) is 8.65. The summed E-state index contributed by atoms with van der Waals surface area (Å²) in [5, 5.41) is 3.15. The number of anilines is 1. The van der Waals surface area contributed by atoms with Crippen molar-refractivity contribution in [3.63, 3.8) is 0 Å². The van der Waals surface area contributed by atoms with Crippen LogP contribution < -0.4 is 5.32 Å². The van der Waals surface area contributed by atoms with Crippen LogP contribution in [-0.4, -0.2) is 24.7 Å². The van der Waals surface area contributed by atoms with Crippen molar-refractivity contribution in [1.82, 2.24) is 0 Å². The SMILES string of the molecule is COC(=O)c1ccc(Cl)cc1NC(=O)CSc1ccc(C)c(C)c1. The van der Waals surface area contributed by atoms with Crippen LogP contribution in [-0.2, 0) is 9.53 Å². The molecule has 0 bridgehead atoms. The summed E-state index contributed by atoms with van der Waals surface area (Å²) in [5.74, 6) is -0.509. The van der Waals surface area contributed by atoms with Gasteiger partial charge in [-0.1, -0.05) is 17.7 Å². The maximum atomic E-state index is 12.2. The van der Waals surface area contributed by atoms with Crippen molar-refractivity contribution < 1.29 is 14.3 Å². The molecule has 24 heavy (non-hydrogen) atoms. The number of carbonyl (C=O) groups is 2. The molecule has 126 valence electrons. The third-order valence-corrected chi connectivity index (χ3v) is 4.74. The fraction of sp³-hybridized carbons (Fsp3) is 0.222. The smallest absolute Gasteiger partial charge is 0.339 e. The van der Waals surface area contributed by atoms with Crippen LogP contribution in [0.1, 0.15) is 21.5 Å². The molecule has 0 saturated heterocycles. The molecule has 1 N–H and O–H groups in total. The van der Waals surface area contributed by atoms with E-state index in [1.807, 2.05) is 32.0 Å². The molecule has 0 radical (unpaired) electrons. The summed E-state index contributed by atoms with van der Waals surface area (Å²) in [6.45, 7) is 4.08. The quantitative estimate of drug-likeness (QED) is 0.628. The van der Waals surface area contributed by atoms with Crippen molar-refractivity contribution in [2.45, 2.75) is 18.7 Å². The topological polar surface area (TPSA) is 55.4 Å². The van der Waals surface area contributed by atoms with E-state index in [1.54, 1.807) is 6.07 Å². The molecule has 0 aromatic heterocycles. The van der Waals surface area contributed by atoms with Gasteiger partial charge in [-0.2, -0.15) is 0 Å². The van der Waals surface area contributed by atoms with Crippen LogP contribution in [0, 0.1) is 13.8 Å². The molecule has 0 atom stereocenters. The number of ether oxygens (including phenoxy) is 1. The Kier molecular flexibility index (Phi) is 6.29. The van der Waals surface area contributed by atoms with Crippen LogP contribution in [0.15, 0.2) is 41.3 Å². The number of carbonyl (C=O) groups excluding carboxylic acids is 2. The third kappa shape index (κ3) is 4.76. The largest absolute Gasteiger partial charge is 0.465 e. The van der Waals surface area contributed by atoms with E-state index in [0.29, 0.717) is 10.7 Å². The minimum Gasteiger partial charge on any atom is -0.465 e. The zero-order valence-electron chi connectivity index (χ0n) is 13.7. The van der Waals surface area contributed by atoms with Crippen LogP contribution in [0.3, 0.4) is 0 Å². The van der Waals surface area contributed by atoms with Gasteiger partial charge in [0.15, 0.2) is 0 Å². The molecule has 0 aliphatic carbocycles. The second-order valence-corrected chi connectivity index (χ2v) is 6.75. The number of amides is 1. The highest BCUT2D eigenvalue weighted by molar-refractivity contribution is 8.00. The molecule has 0 unspecified atom stereocenters. The highest BCUT2D eigenvalue weighted by atomic mass is 35.5. The predicted octanol–water partition coefficient (Wildman–Crippen LogP) is 4.47. The van der Waals surface area contributed by atoms with E-state index >= 15 is 0 Å². The minimum atomic E-state index is -0.524. The summed E-state index contributed by atoms with van der Waals surface area (Å²) in [7, 11) is 1.29. The number of methoxy groups -OCH3 is 1. The van der Waals surface area contributed by atoms with Gasteiger partial charge in [0, 0.05) is 9.92 Å². The molecule has 4 nitrogen and oxygen atoms in total. The maximum Gasteiger partial charge on any atom is 0.339 e. The Bertz CT molecular complexity index is 777. The molecule has 6 heteroatoms. The van der Waals surface area contributed by atoms with E-state index in [2.05, 4.69) is 5.32 Å². The standard InChI is InChI=1S/C18H18ClNO3S/c1-11-4-6-14(8-12(11)2)24-10-17(21)20-16-9-13(19)5-7-15(16)18(22)23-3/h4-9H,10H2,1-3H3,(H,20,21). The Hall–Kier alpha value is -1.98. The van der Waals surface area contributed by atoms with Crippen LogP contribution in [0.4, 0.5) is 5.69 Å². The number of halogens is 1. The average molecular weight is 364 g/mol. The number of esters is 1. The molecule has 0 aliphatic heterocycles. The van der Waals surface area contributed by atoms with Crippen LogP contribution in [0.2, 0.25) is 5.02 Å². The van der Waals surface area contributed by atoms with Gasteiger partial charge in [0.25, 0.3) is 0 Å². The highest BCUT2D eigenvalue weighted by Crippen LogP contribution is 2.24. The number of aryl methyl sites for hydroxylation is 2. The number of hydrogen-bond acceptors (Lipinski definition) is 4. The van der Waals surface area contributed by atoms with Gasteiger partial charge in [0.05, 0.1) is 24.1 Å². The third-order valence-electron chi connectivity index (χ3n) is 3.51. The number of rotatable bonds is 5. The summed E-state index contributed by atoms with van der Waals surface area (Å²) < 4.78 is 4.71. The van der Waals surface area contributed by atoms with Crippen LogP contribution in [0.25, 0.3) is 0 Å². The van der Waals surface area contributed by atoms with E-state index in [-0.39, 0.29) is 17.2 Å². The highest BCUT2D eigenvalue weighted by Gasteiger charge is 2.14. The molecule has 1 amide bonds. The number of nitrogens with one attached hydrogen (secondary N) is 1. The van der Waals surface area contributed by atoms with Crippen molar-refractivity contribution in [2.24, 2.45) is 0 Å². The van der Waals surface area contributed by atoms with Crippen LogP contribution >= 0.6 is 23.4 Å². The molecule has 2 aromatic carbocycles. The Labute approximate surface area is 150 Å². The summed E-state index contributed by atoms with van der Waals surface area (Å²) in [6.07, 6.45) is 0. The van der Waals surface area contributed by atoms with Gasteiger partial charge in [-0.25, -0.2) is 4.79 Å². The maximum absolute atomic E-state index is 12.2. The first-order valence-electron chi connectivity index (χ1n) is 7.28. The van der Waals surface area contributed by atoms with Crippen LogP contribution in [0.5, 0.6) is 0 Å². The minimum absolute atomic E-state index is 0.217. The number of hydrogen-bond donors (Lipinski definition) is 1. The molecule has 2 rings (SSSR count). The van der Waals surface area contributed by atoms with E-state index in [0.717, 1.165) is 4.90 Å². The van der Waals surface area contributed by atoms with Crippen molar-refractivity contribution in [3.8, 4) is 0 Å². The Morgan fingerprint density at radius 2 is 1.88 bits per heavy atom. The van der Waals surface area contributed by atoms with Crippen molar-refractivity contribution >= 4 is 40.9 Å². The van der Waals surface area contributed by atoms with Gasteiger partial charge < -0.3 is 10.1 Å². The predicted molar refractivity (Wildman–Crippen MR) is 98.1 cm³/mol. The normalized spacial score (nSPS) is 10.3. The van der Waals surface area contributed by atoms with Gasteiger partial charge >= 0.3 is 5.97 Å². The molecule has 0 fully saturated rings. The molecular weight excluding hydrogens is 346 g/mol. The first kappa shape index (κ1) is 18.4. The lowest BCUT2D eigenvalue weighted by molar-refractivity contribution is -0.113. The lowest BCUT2D eigenvalue weighted by Crippen LogP contribution is -2.17. The summed E-state index contributed by atoms with van der Waals surface area (Å²) in [5.41, 5.74) is 3.01.